The maximum Gasteiger partial charge on any atom is 0.124 e. The average molecular weight is 861 g/mol. The number of nitrogens with zero attached hydrogens (tertiary/aromatic N) is 4. The summed E-state index contributed by atoms with van der Waals surface area (Å²) in [5.41, 5.74) is 1.51. The molecule has 11 heteroatoms. The number of aromatic nitrogens is 1. The van der Waals surface area contributed by atoms with Gasteiger partial charge >= 0.3 is 0 Å². The zero-order chi connectivity index (χ0) is 44.8. The van der Waals surface area contributed by atoms with Crippen LogP contribution in [0.4, 0.5) is 5.69 Å². The van der Waals surface area contributed by atoms with Crippen LogP contribution in [0, 0.1) is 34.0 Å². The van der Waals surface area contributed by atoms with Crippen LogP contribution in [-0.4, -0.2) is 127 Å². The first-order valence-corrected chi connectivity index (χ1v) is 23.9. The van der Waals surface area contributed by atoms with Gasteiger partial charge in [-0.25, -0.2) is 4.98 Å². The van der Waals surface area contributed by atoms with Crippen molar-refractivity contribution in [2.75, 3.05) is 57.5 Å². The van der Waals surface area contributed by atoms with Crippen LogP contribution in [0.1, 0.15) is 159 Å². The van der Waals surface area contributed by atoms with Gasteiger partial charge in [0.05, 0.1) is 91.1 Å². The van der Waals surface area contributed by atoms with Crippen molar-refractivity contribution in [3.05, 3.63) is 23.5 Å². The molecule has 8 rings (SSSR count). The normalized spacial score (nSPS) is 29.6. The maximum atomic E-state index is 9.93. The van der Waals surface area contributed by atoms with Crippen LogP contribution in [0.25, 0.3) is 0 Å². The van der Waals surface area contributed by atoms with Crippen molar-refractivity contribution < 1.29 is 33.2 Å². The topological polar surface area (TPSA) is 108 Å². The van der Waals surface area contributed by atoms with Gasteiger partial charge in [0.1, 0.15) is 17.4 Å². The van der Waals surface area contributed by atoms with E-state index in [0.717, 1.165) is 90.0 Å². The van der Waals surface area contributed by atoms with Crippen LogP contribution < -0.4 is 4.90 Å². The van der Waals surface area contributed by atoms with Crippen molar-refractivity contribution in [1.82, 2.24) is 9.88 Å². The fourth-order valence-electron chi connectivity index (χ4n) is 11.4. The lowest BCUT2D eigenvalue weighted by Gasteiger charge is -2.70. The third-order valence-corrected chi connectivity index (χ3v) is 13.8. The van der Waals surface area contributed by atoms with Crippen molar-refractivity contribution >= 4 is 5.69 Å². The van der Waals surface area contributed by atoms with Crippen LogP contribution in [0.15, 0.2) is 12.3 Å². The van der Waals surface area contributed by atoms with Crippen molar-refractivity contribution in [3.8, 4) is 17.9 Å². The predicted octanol–water partition coefficient (Wildman–Crippen LogP) is 8.63. The van der Waals surface area contributed by atoms with Crippen molar-refractivity contribution in [1.29, 1.82) is 5.26 Å². The summed E-state index contributed by atoms with van der Waals surface area (Å²) in [5.74, 6) is 6.65. The molecule has 0 aromatic carbocycles. The molecule has 2 saturated heterocycles. The predicted molar refractivity (Wildman–Crippen MR) is 242 cm³/mol. The molecule has 5 aliphatic carbocycles. The minimum absolute atomic E-state index is 0.0696. The molecule has 5 saturated carbocycles. The second-order valence-electron chi connectivity index (χ2n) is 23.8. The van der Waals surface area contributed by atoms with Crippen molar-refractivity contribution in [3.63, 3.8) is 0 Å². The molecule has 1 aromatic heterocycles. The standard InChI is InChI=1S/C51H80N4O7/c1-45(2,3)60-41-22-39(23-41)58-35-51-31-50(32-51,33-51)34-56-19-20-57-43-28-55(29-43)47(7,8)30-49(11,12)62-48(9,10)16-13-37-21-44(36(26-52)27-53-37)54-17-14-38(15-18-54)59-40-24-42(25-40)61-46(4,5)6/h21,27,38-43H,14-15,17-20,22-25,28-35H2,1-12H3. The fraction of sp³-hybridized carbons (Fsp3) is 0.843. The molecular formula is C51H80N4O7. The summed E-state index contributed by atoms with van der Waals surface area (Å²) in [5, 5.41) is 9.93. The lowest BCUT2D eigenvalue weighted by Crippen LogP contribution is -2.66. The molecule has 7 aliphatic rings. The highest BCUT2D eigenvalue weighted by atomic mass is 16.5. The summed E-state index contributed by atoms with van der Waals surface area (Å²) in [7, 11) is 0. The summed E-state index contributed by atoms with van der Waals surface area (Å²) >= 11 is 0. The lowest BCUT2D eigenvalue weighted by molar-refractivity contribution is -0.267. The van der Waals surface area contributed by atoms with Crippen molar-refractivity contribution in [2.45, 2.75) is 212 Å². The number of rotatable bonds is 19. The molecule has 0 atom stereocenters. The summed E-state index contributed by atoms with van der Waals surface area (Å²) in [6, 6.07) is 4.31. The molecule has 0 N–H and O–H groups in total. The molecule has 0 radical (unpaired) electrons. The first-order chi connectivity index (χ1) is 28.9. The van der Waals surface area contributed by atoms with Crippen LogP contribution >= 0.6 is 0 Å². The Hall–Kier alpha value is -2.32. The Kier molecular flexibility index (Phi) is 14.0. The van der Waals surface area contributed by atoms with Gasteiger partial charge in [-0.3, -0.25) is 4.90 Å². The zero-order valence-corrected chi connectivity index (χ0v) is 40.5. The van der Waals surface area contributed by atoms with E-state index < -0.39 is 11.2 Å². The molecule has 0 spiro atoms. The van der Waals surface area contributed by atoms with E-state index in [2.05, 4.69) is 102 Å². The van der Waals surface area contributed by atoms with Gasteiger partial charge in [0.15, 0.2) is 0 Å². The minimum Gasteiger partial charge on any atom is -0.378 e. The number of likely N-dealkylation sites (tertiary alicyclic amines) is 1. The molecule has 11 nitrogen and oxygen atoms in total. The summed E-state index contributed by atoms with van der Waals surface area (Å²) in [4.78, 5) is 9.32. The Morgan fingerprint density at radius 1 is 0.726 bits per heavy atom. The lowest BCUT2D eigenvalue weighted by atomic mass is 9.35. The average Bonchev–Trinajstić information content (AvgIpc) is 3.07. The van der Waals surface area contributed by atoms with E-state index in [1.54, 1.807) is 6.20 Å². The third-order valence-electron chi connectivity index (χ3n) is 13.8. The largest absolute Gasteiger partial charge is 0.378 e. The van der Waals surface area contributed by atoms with Gasteiger partial charge < -0.3 is 38.1 Å². The number of pyridine rings is 1. The molecular weight excluding hydrogens is 781 g/mol. The zero-order valence-electron chi connectivity index (χ0n) is 40.5. The maximum absolute atomic E-state index is 9.93. The van der Waals surface area contributed by atoms with Gasteiger partial charge in [-0.05, 0) is 170 Å². The monoisotopic (exact) mass is 861 g/mol. The molecule has 2 bridgehead atoms. The van der Waals surface area contributed by atoms with Gasteiger partial charge in [0, 0.05) is 37.9 Å². The van der Waals surface area contributed by atoms with Gasteiger partial charge in [0.2, 0.25) is 0 Å². The van der Waals surface area contributed by atoms with Gasteiger partial charge in [0.25, 0.3) is 0 Å². The first kappa shape index (κ1) is 47.6. The fourth-order valence-corrected chi connectivity index (χ4v) is 11.4. The van der Waals surface area contributed by atoms with E-state index in [4.69, 9.17) is 33.2 Å². The Morgan fingerprint density at radius 3 is 1.92 bits per heavy atom. The van der Waals surface area contributed by atoms with Gasteiger partial charge in [-0.15, -0.1) is 0 Å². The highest BCUT2D eigenvalue weighted by molar-refractivity contribution is 5.61. The van der Waals surface area contributed by atoms with Crippen LogP contribution in [-0.2, 0) is 33.2 Å². The Bertz CT molecular complexity index is 1770. The number of nitriles is 1. The third kappa shape index (κ3) is 12.5. The molecule has 3 heterocycles. The van der Waals surface area contributed by atoms with Crippen molar-refractivity contribution in [2.24, 2.45) is 10.8 Å². The molecule has 0 unspecified atom stereocenters. The Morgan fingerprint density at radius 2 is 1.32 bits per heavy atom. The van der Waals surface area contributed by atoms with Gasteiger partial charge in [-0.1, -0.05) is 5.92 Å². The molecule has 7 fully saturated rings. The van der Waals surface area contributed by atoms with E-state index in [0.29, 0.717) is 53.6 Å². The second-order valence-corrected chi connectivity index (χ2v) is 23.8. The van der Waals surface area contributed by atoms with E-state index in [1.165, 1.54) is 19.3 Å². The first-order valence-electron chi connectivity index (χ1n) is 23.9. The van der Waals surface area contributed by atoms with E-state index >= 15 is 0 Å². The number of piperidine rings is 1. The summed E-state index contributed by atoms with van der Waals surface area (Å²) in [6.07, 6.45) is 13.9. The summed E-state index contributed by atoms with van der Waals surface area (Å²) in [6.45, 7) is 32.2. The SMILES string of the molecule is CC(C)(C)OC1CC(OCC23CC(COCCOC4CN(C(C)(C)CC(C)(C)OC(C)(C)C#Cc5cc(N6CCC(OC7CC(OC(C)(C)C)C7)CC6)c(C#N)cn5)C4)(C2)C3)C1. The molecule has 0 amide bonds. The highest BCUT2D eigenvalue weighted by Crippen LogP contribution is 2.73. The van der Waals surface area contributed by atoms with Crippen LogP contribution in [0.5, 0.6) is 0 Å². The minimum atomic E-state index is -0.709. The second kappa shape index (κ2) is 18.2. The molecule has 1 aromatic rings. The number of hydrogen-bond acceptors (Lipinski definition) is 11. The smallest absolute Gasteiger partial charge is 0.124 e. The van der Waals surface area contributed by atoms with Crippen LogP contribution in [0.2, 0.25) is 0 Å². The quantitative estimate of drug-likeness (QED) is 0.0986. The Balaban J connectivity index is 0.771. The van der Waals surface area contributed by atoms with E-state index in [-0.39, 0.29) is 35.1 Å². The van der Waals surface area contributed by atoms with E-state index in [9.17, 15) is 5.26 Å². The van der Waals surface area contributed by atoms with E-state index in [1.807, 2.05) is 19.9 Å². The number of hydrogen-bond donors (Lipinski definition) is 0. The number of anilines is 1. The van der Waals surface area contributed by atoms with Crippen LogP contribution in [0.3, 0.4) is 0 Å². The molecule has 62 heavy (non-hydrogen) atoms. The summed E-state index contributed by atoms with van der Waals surface area (Å²) < 4.78 is 44.0. The van der Waals surface area contributed by atoms with Gasteiger partial charge in [-0.2, -0.15) is 5.26 Å². The molecule has 346 valence electrons. The highest BCUT2D eigenvalue weighted by Gasteiger charge is 2.67. The number of ether oxygens (including phenoxy) is 7. The molecule has 2 aliphatic heterocycles. The Labute approximate surface area is 374 Å².